The average Bonchev–Trinajstić information content (AvgIpc) is 2.71. The Hall–Kier alpha value is -2.54. The maximum absolute atomic E-state index is 2.58. The summed E-state index contributed by atoms with van der Waals surface area (Å²) >= 11 is 0. The molecule has 25 heavy (non-hydrogen) atoms. The molecule has 0 amide bonds. The van der Waals surface area contributed by atoms with Crippen LogP contribution in [-0.2, 0) is 5.54 Å². The standard InChI is InChI=1S/C24H25N/c1-5-13-21(14-6-1)24(19-11-4-12-20-24)25(22-15-7-2-8-16-22)23-17-9-3-10-18-23/h1-3,5-10,13-18H,4,11-12,19-20H2. The van der Waals surface area contributed by atoms with Crippen molar-refractivity contribution in [3.05, 3.63) is 96.6 Å². The second-order valence-electron chi connectivity index (χ2n) is 6.96. The first-order valence-corrected chi connectivity index (χ1v) is 9.36. The summed E-state index contributed by atoms with van der Waals surface area (Å²) in [5.41, 5.74) is 4.02. The van der Waals surface area contributed by atoms with Crippen LogP contribution < -0.4 is 4.90 Å². The van der Waals surface area contributed by atoms with E-state index in [1.54, 1.807) is 0 Å². The van der Waals surface area contributed by atoms with Crippen LogP contribution in [0, 0.1) is 0 Å². The zero-order valence-electron chi connectivity index (χ0n) is 14.6. The Labute approximate surface area is 150 Å². The van der Waals surface area contributed by atoms with Gasteiger partial charge in [0.2, 0.25) is 0 Å². The van der Waals surface area contributed by atoms with Crippen molar-refractivity contribution in [2.75, 3.05) is 4.90 Å². The van der Waals surface area contributed by atoms with E-state index in [-0.39, 0.29) is 5.54 Å². The number of para-hydroxylation sites is 2. The van der Waals surface area contributed by atoms with E-state index in [1.165, 1.54) is 49.0 Å². The molecule has 0 heterocycles. The molecule has 0 aromatic heterocycles. The van der Waals surface area contributed by atoms with Gasteiger partial charge in [-0.05, 0) is 42.7 Å². The van der Waals surface area contributed by atoms with Gasteiger partial charge in [-0.2, -0.15) is 0 Å². The molecule has 1 saturated carbocycles. The summed E-state index contributed by atoms with van der Waals surface area (Å²) in [4.78, 5) is 2.58. The van der Waals surface area contributed by atoms with Crippen LogP contribution in [0.15, 0.2) is 91.0 Å². The van der Waals surface area contributed by atoms with Crippen molar-refractivity contribution in [3.8, 4) is 0 Å². The topological polar surface area (TPSA) is 3.24 Å². The van der Waals surface area contributed by atoms with E-state index >= 15 is 0 Å². The summed E-state index contributed by atoms with van der Waals surface area (Å²) in [5.74, 6) is 0. The highest BCUT2D eigenvalue weighted by atomic mass is 15.2. The van der Waals surface area contributed by atoms with Gasteiger partial charge in [0.1, 0.15) is 0 Å². The fourth-order valence-electron chi connectivity index (χ4n) is 4.32. The molecule has 0 saturated heterocycles. The van der Waals surface area contributed by atoms with E-state index in [1.807, 2.05) is 0 Å². The number of hydrogen-bond acceptors (Lipinski definition) is 1. The second kappa shape index (κ2) is 7.14. The Balaban J connectivity index is 1.91. The smallest absolute Gasteiger partial charge is 0.0702 e. The van der Waals surface area contributed by atoms with Gasteiger partial charge in [0.25, 0.3) is 0 Å². The van der Waals surface area contributed by atoms with Gasteiger partial charge in [0.05, 0.1) is 5.54 Å². The zero-order valence-corrected chi connectivity index (χ0v) is 14.6. The molecular formula is C24H25N. The lowest BCUT2D eigenvalue weighted by Gasteiger charge is -2.48. The molecule has 1 nitrogen and oxygen atoms in total. The third kappa shape index (κ3) is 3.07. The van der Waals surface area contributed by atoms with Crippen LogP contribution in [0.4, 0.5) is 11.4 Å². The van der Waals surface area contributed by atoms with Gasteiger partial charge in [-0.25, -0.2) is 0 Å². The van der Waals surface area contributed by atoms with E-state index in [0.717, 1.165) is 0 Å². The third-order valence-electron chi connectivity index (χ3n) is 5.45. The lowest BCUT2D eigenvalue weighted by atomic mass is 9.74. The normalized spacial score (nSPS) is 16.3. The monoisotopic (exact) mass is 327 g/mol. The van der Waals surface area contributed by atoms with Crippen LogP contribution in [0.25, 0.3) is 0 Å². The van der Waals surface area contributed by atoms with Crippen LogP contribution in [-0.4, -0.2) is 0 Å². The number of rotatable bonds is 4. The van der Waals surface area contributed by atoms with Crippen LogP contribution in [0.2, 0.25) is 0 Å². The minimum absolute atomic E-state index is 0.0300. The van der Waals surface area contributed by atoms with Gasteiger partial charge in [0, 0.05) is 11.4 Å². The van der Waals surface area contributed by atoms with Crippen LogP contribution in [0.3, 0.4) is 0 Å². The summed E-state index contributed by atoms with van der Waals surface area (Å²) in [6.07, 6.45) is 6.30. The number of anilines is 2. The first-order valence-electron chi connectivity index (χ1n) is 9.36. The van der Waals surface area contributed by atoms with Gasteiger partial charge in [-0.15, -0.1) is 0 Å². The summed E-state index contributed by atoms with van der Waals surface area (Å²) in [6.45, 7) is 0. The lowest BCUT2D eigenvalue weighted by Crippen LogP contribution is -2.45. The highest BCUT2D eigenvalue weighted by molar-refractivity contribution is 5.67. The lowest BCUT2D eigenvalue weighted by molar-refractivity contribution is 0.298. The SMILES string of the molecule is c1ccc(N(c2ccccc2)C2(c3ccccc3)CCCCC2)cc1. The number of nitrogens with zero attached hydrogens (tertiary/aromatic N) is 1. The molecule has 4 rings (SSSR count). The number of hydrogen-bond donors (Lipinski definition) is 0. The first-order chi connectivity index (χ1) is 12.4. The van der Waals surface area contributed by atoms with Crippen molar-refractivity contribution in [2.24, 2.45) is 0 Å². The molecule has 3 aromatic rings. The van der Waals surface area contributed by atoms with Gasteiger partial charge in [-0.1, -0.05) is 86.0 Å². The first kappa shape index (κ1) is 16.0. The van der Waals surface area contributed by atoms with E-state index in [4.69, 9.17) is 0 Å². The number of benzene rings is 3. The molecule has 0 aliphatic heterocycles. The second-order valence-corrected chi connectivity index (χ2v) is 6.96. The Bertz CT molecular complexity index is 735. The van der Waals surface area contributed by atoms with E-state index in [9.17, 15) is 0 Å². The van der Waals surface area contributed by atoms with Gasteiger partial charge in [-0.3, -0.25) is 0 Å². The average molecular weight is 327 g/mol. The summed E-state index contributed by atoms with van der Waals surface area (Å²) in [5, 5.41) is 0. The maximum atomic E-state index is 2.58. The van der Waals surface area contributed by atoms with Crippen molar-refractivity contribution in [1.29, 1.82) is 0 Å². The predicted octanol–water partition coefficient (Wildman–Crippen LogP) is 6.68. The van der Waals surface area contributed by atoms with Gasteiger partial charge >= 0.3 is 0 Å². The molecule has 0 bridgehead atoms. The molecule has 1 heteroatoms. The maximum Gasteiger partial charge on any atom is 0.0702 e. The van der Waals surface area contributed by atoms with Crippen molar-refractivity contribution < 1.29 is 0 Å². The van der Waals surface area contributed by atoms with Crippen LogP contribution >= 0.6 is 0 Å². The summed E-state index contributed by atoms with van der Waals surface area (Å²) in [7, 11) is 0. The van der Waals surface area contributed by atoms with Crippen molar-refractivity contribution in [1.82, 2.24) is 0 Å². The fourth-order valence-corrected chi connectivity index (χ4v) is 4.32. The molecule has 1 fully saturated rings. The van der Waals surface area contributed by atoms with Crippen molar-refractivity contribution >= 4 is 11.4 Å². The highest BCUT2D eigenvalue weighted by Gasteiger charge is 2.40. The quantitative estimate of drug-likeness (QED) is 0.516. The summed E-state index contributed by atoms with van der Waals surface area (Å²) < 4.78 is 0. The van der Waals surface area contributed by atoms with Crippen LogP contribution in [0.1, 0.15) is 37.7 Å². The fraction of sp³-hybridized carbons (Fsp3) is 0.250. The molecule has 0 radical (unpaired) electrons. The Morgan fingerprint density at radius 1 is 0.520 bits per heavy atom. The Morgan fingerprint density at radius 2 is 0.960 bits per heavy atom. The molecule has 0 N–H and O–H groups in total. The van der Waals surface area contributed by atoms with E-state index < -0.39 is 0 Å². The zero-order chi connectivity index (χ0) is 17.0. The van der Waals surface area contributed by atoms with Crippen LogP contribution in [0.5, 0.6) is 0 Å². The predicted molar refractivity (Wildman–Crippen MR) is 106 cm³/mol. The molecule has 0 unspecified atom stereocenters. The Kier molecular flexibility index (Phi) is 4.56. The molecule has 0 atom stereocenters. The molecular weight excluding hydrogens is 302 g/mol. The highest BCUT2D eigenvalue weighted by Crippen LogP contribution is 2.48. The Morgan fingerprint density at radius 3 is 1.44 bits per heavy atom. The third-order valence-corrected chi connectivity index (χ3v) is 5.45. The molecule has 3 aromatic carbocycles. The van der Waals surface area contributed by atoms with E-state index in [0.29, 0.717) is 0 Å². The molecule has 1 aliphatic rings. The van der Waals surface area contributed by atoms with Gasteiger partial charge in [0.15, 0.2) is 0 Å². The molecule has 0 spiro atoms. The van der Waals surface area contributed by atoms with Crippen molar-refractivity contribution in [3.63, 3.8) is 0 Å². The van der Waals surface area contributed by atoms with Crippen molar-refractivity contribution in [2.45, 2.75) is 37.6 Å². The molecule has 126 valence electrons. The largest absolute Gasteiger partial charge is 0.331 e. The van der Waals surface area contributed by atoms with Gasteiger partial charge < -0.3 is 4.90 Å². The summed E-state index contributed by atoms with van der Waals surface area (Å²) in [6, 6.07) is 32.9. The molecule has 1 aliphatic carbocycles. The van der Waals surface area contributed by atoms with E-state index in [2.05, 4.69) is 95.9 Å². The minimum atomic E-state index is 0.0300. The minimum Gasteiger partial charge on any atom is -0.331 e.